The second-order valence-corrected chi connectivity index (χ2v) is 5.04. The highest BCUT2D eigenvalue weighted by Gasteiger charge is 2.03. The van der Waals surface area contributed by atoms with E-state index in [0.717, 1.165) is 44.1 Å². The Bertz CT molecular complexity index is 364. The lowest BCUT2D eigenvalue weighted by Gasteiger charge is -2.06. The Morgan fingerprint density at radius 1 is 0.952 bits per heavy atom. The van der Waals surface area contributed by atoms with Crippen molar-refractivity contribution in [3.63, 3.8) is 0 Å². The zero-order chi connectivity index (χ0) is 15.2. The molecule has 0 radical (unpaired) electrons. The summed E-state index contributed by atoms with van der Waals surface area (Å²) in [6, 6.07) is 9.61. The molecule has 1 aromatic carbocycles. The lowest BCUT2D eigenvalue weighted by atomic mass is 10.1. The van der Waals surface area contributed by atoms with Gasteiger partial charge in [-0.3, -0.25) is 0 Å². The Morgan fingerprint density at radius 3 is 2.33 bits per heavy atom. The fraction of sp³-hybridized carbons (Fsp3) is 0.588. The highest BCUT2D eigenvalue weighted by atomic mass is 16.6. The number of carbonyl (C=O) groups is 1. The Hall–Kier alpha value is -1.39. The van der Waals surface area contributed by atoms with Gasteiger partial charge >= 0.3 is 5.97 Å². The predicted molar refractivity (Wildman–Crippen MR) is 81.8 cm³/mol. The highest BCUT2D eigenvalue weighted by Crippen LogP contribution is 2.05. The smallest absolute Gasteiger partial charge is 0.332 e. The summed E-state index contributed by atoms with van der Waals surface area (Å²) in [5.41, 5.74) is 0.980. The van der Waals surface area contributed by atoms with E-state index in [1.54, 1.807) is 0 Å². The molecule has 4 nitrogen and oxygen atoms in total. The Morgan fingerprint density at radius 2 is 1.62 bits per heavy atom. The minimum Gasteiger partial charge on any atom is -0.459 e. The highest BCUT2D eigenvalue weighted by molar-refractivity contribution is 5.70. The predicted octanol–water partition coefficient (Wildman–Crippen LogP) is 3.08. The number of aliphatic hydroxyl groups is 1. The maximum Gasteiger partial charge on any atom is 0.332 e. The molecule has 0 saturated heterocycles. The molecule has 0 bridgehead atoms. The number of rotatable bonds is 12. The number of ether oxygens (including phenoxy) is 2. The molecule has 21 heavy (non-hydrogen) atoms. The van der Waals surface area contributed by atoms with Crippen LogP contribution in [0.2, 0.25) is 0 Å². The van der Waals surface area contributed by atoms with E-state index in [2.05, 4.69) is 0 Å². The summed E-state index contributed by atoms with van der Waals surface area (Å²) in [5, 5.41) is 8.64. The van der Waals surface area contributed by atoms with E-state index in [0.29, 0.717) is 13.2 Å². The molecule has 0 aliphatic heterocycles. The van der Waals surface area contributed by atoms with Gasteiger partial charge in [-0.25, -0.2) is 4.79 Å². The van der Waals surface area contributed by atoms with Crippen LogP contribution >= 0.6 is 0 Å². The van der Waals surface area contributed by atoms with Crippen molar-refractivity contribution in [1.82, 2.24) is 0 Å². The zero-order valence-corrected chi connectivity index (χ0v) is 12.6. The number of benzene rings is 1. The first kappa shape index (κ1) is 17.7. The maximum absolute atomic E-state index is 11.5. The van der Waals surface area contributed by atoms with Gasteiger partial charge in [-0.2, -0.15) is 0 Å². The van der Waals surface area contributed by atoms with E-state index >= 15 is 0 Å². The molecule has 0 amide bonds. The molecule has 0 unspecified atom stereocenters. The van der Waals surface area contributed by atoms with Crippen LogP contribution in [0.5, 0.6) is 0 Å². The molecule has 1 N–H and O–H groups in total. The van der Waals surface area contributed by atoms with Crippen LogP contribution in [0.25, 0.3) is 0 Å². The van der Waals surface area contributed by atoms with Crippen LogP contribution in [0, 0.1) is 0 Å². The summed E-state index contributed by atoms with van der Waals surface area (Å²) >= 11 is 0. The lowest BCUT2D eigenvalue weighted by molar-refractivity contribution is -0.150. The molecule has 0 aliphatic carbocycles. The fourth-order valence-electron chi connectivity index (χ4n) is 1.96. The van der Waals surface area contributed by atoms with Crippen molar-refractivity contribution < 1.29 is 19.4 Å². The van der Waals surface area contributed by atoms with Gasteiger partial charge in [0.15, 0.2) is 0 Å². The van der Waals surface area contributed by atoms with Crippen LogP contribution in [0.15, 0.2) is 30.3 Å². The van der Waals surface area contributed by atoms with Gasteiger partial charge in [-0.1, -0.05) is 56.0 Å². The van der Waals surface area contributed by atoms with Crippen molar-refractivity contribution in [3.8, 4) is 0 Å². The third-order valence-electron chi connectivity index (χ3n) is 3.16. The van der Waals surface area contributed by atoms with E-state index in [-0.39, 0.29) is 19.2 Å². The number of unbranched alkanes of at least 4 members (excludes halogenated alkanes) is 5. The first-order valence-electron chi connectivity index (χ1n) is 7.71. The third kappa shape index (κ3) is 10.0. The maximum atomic E-state index is 11.5. The Kier molecular flexibility index (Phi) is 10.4. The van der Waals surface area contributed by atoms with Crippen molar-refractivity contribution in [2.24, 2.45) is 0 Å². The zero-order valence-electron chi connectivity index (χ0n) is 12.6. The molecular weight excluding hydrogens is 268 g/mol. The van der Waals surface area contributed by atoms with Crippen LogP contribution in [0.4, 0.5) is 0 Å². The molecule has 0 saturated carbocycles. The van der Waals surface area contributed by atoms with Crippen LogP contribution in [-0.4, -0.2) is 30.9 Å². The van der Waals surface area contributed by atoms with E-state index in [4.69, 9.17) is 14.6 Å². The molecule has 1 aromatic rings. The van der Waals surface area contributed by atoms with Gasteiger partial charge in [-0.15, -0.1) is 0 Å². The average molecular weight is 294 g/mol. The van der Waals surface area contributed by atoms with Gasteiger partial charge in [0.1, 0.15) is 13.2 Å². The molecule has 0 aromatic heterocycles. The number of esters is 1. The first-order valence-corrected chi connectivity index (χ1v) is 7.71. The molecule has 0 spiro atoms. The van der Waals surface area contributed by atoms with E-state index in [1.807, 2.05) is 30.3 Å². The second-order valence-electron chi connectivity index (χ2n) is 5.04. The number of carbonyl (C=O) groups excluding carboxylic acids is 1. The number of hydrogen-bond donors (Lipinski definition) is 1. The normalized spacial score (nSPS) is 10.5. The summed E-state index contributed by atoms with van der Waals surface area (Å²) in [6.07, 6.45) is 6.35. The Balaban J connectivity index is 1.89. The summed E-state index contributed by atoms with van der Waals surface area (Å²) in [4.78, 5) is 11.5. The second kappa shape index (κ2) is 12.4. The van der Waals surface area contributed by atoms with Gasteiger partial charge in [0, 0.05) is 13.2 Å². The van der Waals surface area contributed by atoms with Gasteiger partial charge in [0.2, 0.25) is 0 Å². The van der Waals surface area contributed by atoms with Gasteiger partial charge in [0.05, 0.1) is 0 Å². The molecule has 0 fully saturated rings. The molecular formula is C17H26O4. The van der Waals surface area contributed by atoms with Crippen LogP contribution in [0.1, 0.15) is 44.1 Å². The van der Waals surface area contributed by atoms with Crippen molar-refractivity contribution in [2.45, 2.75) is 45.1 Å². The largest absolute Gasteiger partial charge is 0.459 e. The quantitative estimate of drug-likeness (QED) is 0.475. The van der Waals surface area contributed by atoms with Crippen molar-refractivity contribution >= 4 is 5.97 Å². The topological polar surface area (TPSA) is 55.8 Å². The van der Waals surface area contributed by atoms with Crippen LogP contribution in [0.3, 0.4) is 0 Å². The molecule has 118 valence electrons. The van der Waals surface area contributed by atoms with Crippen molar-refractivity contribution in [3.05, 3.63) is 35.9 Å². The summed E-state index contributed by atoms with van der Waals surface area (Å²) in [6.45, 7) is 1.21. The molecule has 0 atom stereocenters. The summed E-state index contributed by atoms with van der Waals surface area (Å²) in [5.74, 6) is -0.318. The number of hydrogen-bond acceptors (Lipinski definition) is 4. The lowest BCUT2D eigenvalue weighted by Crippen LogP contribution is -2.13. The van der Waals surface area contributed by atoms with E-state index in [1.165, 1.54) is 0 Å². The summed E-state index contributed by atoms with van der Waals surface area (Å²) in [7, 11) is 0. The molecule has 0 aliphatic rings. The van der Waals surface area contributed by atoms with Crippen molar-refractivity contribution in [2.75, 3.05) is 19.8 Å². The van der Waals surface area contributed by atoms with Crippen molar-refractivity contribution in [1.29, 1.82) is 0 Å². The third-order valence-corrected chi connectivity index (χ3v) is 3.16. The molecule has 4 heteroatoms. The minimum absolute atomic E-state index is 0.0251. The average Bonchev–Trinajstić information content (AvgIpc) is 2.52. The van der Waals surface area contributed by atoms with Crippen LogP contribution < -0.4 is 0 Å². The van der Waals surface area contributed by atoms with Gasteiger partial charge < -0.3 is 14.6 Å². The van der Waals surface area contributed by atoms with Gasteiger partial charge in [0.25, 0.3) is 0 Å². The van der Waals surface area contributed by atoms with Crippen LogP contribution in [-0.2, 0) is 20.9 Å². The van der Waals surface area contributed by atoms with Gasteiger partial charge in [-0.05, 0) is 18.4 Å². The fourth-order valence-corrected chi connectivity index (χ4v) is 1.96. The molecule has 1 rings (SSSR count). The monoisotopic (exact) mass is 294 g/mol. The molecule has 0 heterocycles. The van der Waals surface area contributed by atoms with E-state index in [9.17, 15) is 4.79 Å². The Labute approximate surface area is 127 Å². The SMILES string of the molecule is O=C(COCCCCCCCCO)OCc1ccccc1. The first-order chi connectivity index (χ1) is 10.3. The standard InChI is InChI=1S/C17H26O4/c18-12-8-3-1-2-4-9-13-20-15-17(19)21-14-16-10-6-5-7-11-16/h5-7,10-11,18H,1-4,8-9,12-15H2. The minimum atomic E-state index is -0.318. The number of aliphatic hydroxyl groups excluding tert-OH is 1. The summed E-state index contributed by atoms with van der Waals surface area (Å²) < 4.78 is 10.4. The van der Waals surface area contributed by atoms with E-state index < -0.39 is 0 Å².